The zero-order valence-electron chi connectivity index (χ0n) is 13.5. The van der Waals surface area contributed by atoms with Gasteiger partial charge in [-0.05, 0) is 23.8 Å². The van der Waals surface area contributed by atoms with Crippen LogP contribution in [0.1, 0.15) is 12.5 Å². The van der Waals surface area contributed by atoms with Crippen LogP contribution in [-0.4, -0.2) is 18.0 Å². The average Bonchev–Trinajstić information content (AvgIpc) is 2.54. The molecule has 2 rings (SSSR count). The normalized spacial score (nSPS) is 11.8. The fraction of sp³-hybridized carbons (Fsp3) is 0.111. The minimum Gasteiger partial charge on any atom is -0.325 e. The van der Waals surface area contributed by atoms with Crippen molar-refractivity contribution in [2.45, 2.75) is 13.1 Å². The van der Waals surface area contributed by atoms with E-state index in [1.807, 2.05) is 0 Å². The summed E-state index contributed by atoms with van der Waals surface area (Å²) in [5.74, 6) is -1.34. The first-order chi connectivity index (χ1) is 12.2. The molecule has 0 aliphatic heterocycles. The maximum Gasteiger partial charge on any atom is 0.417 e. The van der Waals surface area contributed by atoms with Crippen LogP contribution in [-0.2, 0) is 9.59 Å². The van der Waals surface area contributed by atoms with Crippen LogP contribution in [0, 0.1) is 0 Å². The monoisotopic (exact) mass is 426 g/mol. The van der Waals surface area contributed by atoms with Gasteiger partial charge < -0.3 is 10.6 Å². The highest BCUT2D eigenvalue weighted by molar-refractivity contribution is 9.10. The number of hydrogen-bond donors (Lipinski definition) is 2. The summed E-state index contributed by atoms with van der Waals surface area (Å²) in [7, 11) is 0. The zero-order valence-corrected chi connectivity index (χ0v) is 15.1. The number of anilines is 2. The van der Waals surface area contributed by atoms with Gasteiger partial charge in [-0.15, -0.1) is 0 Å². The number of halogens is 4. The first kappa shape index (κ1) is 19.7. The standard InChI is InChI=1S/C18H14BrF3N2O2/c1-11(25)23-15-8-7-13(19)9-16(15)24-17(26)10-14(18(20,21)22)12-5-3-2-4-6-12/h2-10H,1H3,(H,23,25)(H,24,26)/b14-10-. The van der Waals surface area contributed by atoms with Gasteiger partial charge in [-0.2, -0.15) is 13.2 Å². The summed E-state index contributed by atoms with van der Waals surface area (Å²) in [5.41, 5.74) is -0.737. The van der Waals surface area contributed by atoms with Crippen molar-refractivity contribution in [1.29, 1.82) is 0 Å². The molecule has 0 radical (unpaired) electrons. The molecule has 26 heavy (non-hydrogen) atoms. The maximum absolute atomic E-state index is 13.3. The van der Waals surface area contributed by atoms with Crippen molar-refractivity contribution in [3.63, 3.8) is 0 Å². The second kappa shape index (κ2) is 8.18. The Labute approximate surface area is 156 Å². The molecule has 0 unspecified atom stereocenters. The molecule has 136 valence electrons. The number of benzene rings is 2. The molecule has 0 fully saturated rings. The van der Waals surface area contributed by atoms with E-state index in [2.05, 4.69) is 26.6 Å². The van der Waals surface area contributed by atoms with Gasteiger partial charge in [0.05, 0.1) is 16.9 Å². The third kappa shape index (κ3) is 5.45. The van der Waals surface area contributed by atoms with Crippen LogP contribution in [0.15, 0.2) is 59.1 Å². The molecule has 0 saturated heterocycles. The lowest BCUT2D eigenvalue weighted by Gasteiger charge is -2.14. The summed E-state index contributed by atoms with van der Waals surface area (Å²) in [6.45, 7) is 1.28. The van der Waals surface area contributed by atoms with Crippen LogP contribution in [0.2, 0.25) is 0 Å². The second-order valence-electron chi connectivity index (χ2n) is 5.28. The van der Waals surface area contributed by atoms with Crippen LogP contribution in [0.3, 0.4) is 0 Å². The van der Waals surface area contributed by atoms with Crippen molar-refractivity contribution < 1.29 is 22.8 Å². The average molecular weight is 427 g/mol. The number of hydrogen-bond acceptors (Lipinski definition) is 2. The molecule has 0 atom stereocenters. The lowest BCUT2D eigenvalue weighted by molar-refractivity contribution is -0.114. The SMILES string of the molecule is CC(=O)Nc1ccc(Br)cc1NC(=O)/C=C(/c1ccccc1)C(F)(F)F. The highest BCUT2D eigenvalue weighted by Gasteiger charge is 2.35. The van der Waals surface area contributed by atoms with E-state index in [1.54, 1.807) is 12.1 Å². The molecule has 0 aliphatic carbocycles. The van der Waals surface area contributed by atoms with Gasteiger partial charge in [0.15, 0.2) is 0 Å². The quantitative estimate of drug-likeness (QED) is 0.676. The van der Waals surface area contributed by atoms with Crippen LogP contribution >= 0.6 is 15.9 Å². The molecule has 2 aromatic rings. The largest absolute Gasteiger partial charge is 0.417 e. The predicted molar refractivity (Wildman–Crippen MR) is 97.5 cm³/mol. The van der Waals surface area contributed by atoms with Crippen LogP contribution in [0.25, 0.3) is 5.57 Å². The molecular weight excluding hydrogens is 413 g/mol. The van der Waals surface area contributed by atoms with E-state index in [9.17, 15) is 22.8 Å². The molecule has 8 heteroatoms. The van der Waals surface area contributed by atoms with Gasteiger partial charge in [0.2, 0.25) is 11.8 Å². The zero-order chi connectivity index (χ0) is 19.3. The summed E-state index contributed by atoms with van der Waals surface area (Å²) in [6, 6.07) is 11.7. The van der Waals surface area contributed by atoms with E-state index in [0.717, 1.165) is 0 Å². The van der Waals surface area contributed by atoms with E-state index < -0.39 is 17.7 Å². The van der Waals surface area contributed by atoms with Crippen molar-refractivity contribution >= 4 is 44.7 Å². The second-order valence-corrected chi connectivity index (χ2v) is 6.20. The van der Waals surface area contributed by atoms with Gasteiger partial charge in [-0.25, -0.2) is 0 Å². The molecule has 0 aliphatic rings. The van der Waals surface area contributed by atoms with E-state index in [-0.39, 0.29) is 22.8 Å². The molecule has 2 amide bonds. The summed E-state index contributed by atoms with van der Waals surface area (Å²) in [6.07, 6.45) is -4.20. The lowest BCUT2D eigenvalue weighted by Crippen LogP contribution is -2.17. The third-order valence-electron chi connectivity index (χ3n) is 3.22. The van der Waals surface area contributed by atoms with Crippen molar-refractivity contribution in [3.8, 4) is 0 Å². The molecular formula is C18H14BrF3N2O2. The highest BCUT2D eigenvalue weighted by Crippen LogP contribution is 2.34. The number of alkyl halides is 3. The Bertz CT molecular complexity index is 849. The Kier molecular flexibility index (Phi) is 6.20. The summed E-state index contributed by atoms with van der Waals surface area (Å²) in [4.78, 5) is 23.4. The van der Waals surface area contributed by atoms with E-state index in [1.165, 1.54) is 43.3 Å². The minimum absolute atomic E-state index is 0.119. The van der Waals surface area contributed by atoms with Gasteiger partial charge in [0.1, 0.15) is 0 Å². The van der Waals surface area contributed by atoms with Gasteiger partial charge in [0.25, 0.3) is 0 Å². The Morgan fingerprint density at radius 2 is 1.65 bits per heavy atom. The van der Waals surface area contributed by atoms with Crippen molar-refractivity contribution in [3.05, 3.63) is 64.6 Å². The first-order valence-corrected chi connectivity index (χ1v) is 8.18. The predicted octanol–water partition coefficient (Wildman–Crippen LogP) is 4.99. The van der Waals surface area contributed by atoms with Gasteiger partial charge in [-0.1, -0.05) is 46.3 Å². The summed E-state index contributed by atoms with van der Waals surface area (Å²) in [5, 5.41) is 4.87. The van der Waals surface area contributed by atoms with E-state index in [0.29, 0.717) is 10.5 Å². The summed E-state index contributed by atoms with van der Waals surface area (Å²) >= 11 is 3.21. The Morgan fingerprint density at radius 3 is 2.23 bits per heavy atom. The Morgan fingerprint density at radius 1 is 1.00 bits per heavy atom. The summed E-state index contributed by atoms with van der Waals surface area (Å²) < 4.78 is 40.5. The molecule has 0 bridgehead atoms. The molecule has 0 aromatic heterocycles. The van der Waals surface area contributed by atoms with Crippen LogP contribution in [0.5, 0.6) is 0 Å². The number of carbonyl (C=O) groups excluding carboxylic acids is 2. The highest BCUT2D eigenvalue weighted by atomic mass is 79.9. The third-order valence-corrected chi connectivity index (χ3v) is 3.71. The van der Waals surface area contributed by atoms with Crippen LogP contribution < -0.4 is 10.6 Å². The van der Waals surface area contributed by atoms with Gasteiger partial charge in [-0.3, -0.25) is 9.59 Å². The van der Waals surface area contributed by atoms with Crippen molar-refractivity contribution in [2.24, 2.45) is 0 Å². The molecule has 2 aromatic carbocycles. The maximum atomic E-state index is 13.3. The molecule has 0 spiro atoms. The number of carbonyl (C=O) groups is 2. The molecule has 0 heterocycles. The fourth-order valence-corrected chi connectivity index (χ4v) is 2.53. The molecule has 0 saturated carbocycles. The van der Waals surface area contributed by atoms with E-state index >= 15 is 0 Å². The smallest absolute Gasteiger partial charge is 0.325 e. The van der Waals surface area contributed by atoms with Gasteiger partial charge >= 0.3 is 6.18 Å². The molecule has 2 N–H and O–H groups in total. The van der Waals surface area contributed by atoms with Crippen molar-refractivity contribution in [1.82, 2.24) is 0 Å². The fourth-order valence-electron chi connectivity index (χ4n) is 2.16. The minimum atomic E-state index is -4.70. The topological polar surface area (TPSA) is 58.2 Å². The Balaban J connectivity index is 2.35. The lowest BCUT2D eigenvalue weighted by atomic mass is 10.1. The number of rotatable bonds is 4. The van der Waals surface area contributed by atoms with E-state index in [4.69, 9.17) is 0 Å². The Hall–Kier alpha value is -2.61. The van der Waals surface area contributed by atoms with Crippen LogP contribution in [0.4, 0.5) is 24.5 Å². The first-order valence-electron chi connectivity index (χ1n) is 7.39. The number of amides is 2. The molecule has 4 nitrogen and oxygen atoms in total. The number of nitrogens with one attached hydrogen (secondary N) is 2. The van der Waals surface area contributed by atoms with Crippen molar-refractivity contribution in [2.75, 3.05) is 10.6 Å². The number of allylic oxidation sites excluding steroid dienone is 1. The van der Waals surface area contributed by atoms with Gasteiger partial charge in [0, 0.05) is 17.5 Å².